The van der Waals surface area contributed by atoms with E-state index in [1.165, 1.54) is 0 Å². The molecule has 0 spiro atoms. The lowest BCUT2D eigenvalue weighted by Crippen LogP contribution is -1.84. The summed E-state index contributed by atoms with van der Waals surface area (Å²) in [4.78, 5) is 10.3. The van der Waals surface area contributed by atoms with Crippen molar-refractivity contribution in [1.29, 1.82) is 0 Å². The monoisotopic (exact) mass is 308 g/mol. The minimum atomic E-state index is 0.171. The van der Waals surface area contributed by atoms with E-state index in [0.717, 1.165) is 6.29 Å². The second-order valence-electron chi connectivity index (χ2n) is 4.60. The van der Waals surface area contributed by atoms with E-state index in [1.54, 1.807) is 49.4 Å². The molecule has 3 aromatic rings. The molecule has 0 aliphatic rings. The van der Waals surface area contributed by atoms with Crippen molar-refractivity contribution in [2.24, 2.45) is 0 Å². The van der Waals surface area contributed by atoms with Crippen LogP contribution in [0.1, 0.15) is 15.9 Å². The van der Waals surface area contributed by atoms with Crippen LogP contribution in [0.3, 0.4) is 0 Å². The van der Waals surface area contributed by atoms with E-state index in [9.17, 15) is 4.79 Å². The highest BCUT2D eigenvalue weighted by atomic mass is 16.3. The van der Waals surface area contributed by atoms with Crippen LogP contribution in [-0.2, 0) is 0 Å². The Labute approximate surface area is 136 Å². The number of phenols is 2. The molecule has 0 aliphatic carbocycles. The molecule has 2 N–H and O–H groups in total. The highest BCUT2D eigenvalue weighted by Gasteiger charge is 1.98. The van der Waals surface area contributed by atoms with Crippen molar-refractivity contribution in [3.8, 4) is 11.5 Å². The summed E-state index contributed by atoms with van der Waals surface area (Å²) in [6.07, 6.45) is 0.731. The number of rotatable bonds is 1. The molecule has 0 heterocycles. The number of carbonyl (C=O) groups excluding carboxylic acids is 1. The first kappa shape index (κ1) is 18.0. The molecule has 3 heteroatoms. The van der Waals surface area contributed by atoms with Crippen molar-refractivity contribution in [2.45, 2.75) is 6.92 Å². The fraction of sp³-hybridized carbons (Fsp3) is 0.0500. The quantitative estimate of drug-likeness (QED) is 0.646. The number of hydrogen-bond donors (Lipinski definition) is 2. The van der Waals surface area contributed by atoms with Gasteiger partial charge < -0.3 is 10.2 Å². The smallest absolute Gasteiger partial charge is 0.150 e. The summed E-state index contributed by atoms with van der Waals surface area (Å²) in [7, 11) is 0. The number of para-hydroxylation sites is 1. The first-order valence-corrected chi connectivity index (χ1v) is 7.13. The van der Waals surface area contributed by atoms with Crippen molar-refractivity contribution in [3.63, 3.8) is 0 Å². The Kier molecular flexibility index (Phi) is 8.31. The summed E-state index contributed by atoms with van der Waals surface area (Å²) in [6, 6.07) is 25.6. The predicted molar refractivity (Wildman–Crippen MR) is 92.8 cm³/mol. The van der Waals surface area contributed by atoms with Gasteiger partial charge in [0.1, 0.15) is 17.8 Å². The topological polar surface area (TPSA) is 57.5 Å². The molecule has 3 aromatic carbocycles. The third-order valence-electron chi connectivity index (χ3n) is 2.90. The Morgan fingerprint density at radius 1 is 0.696 bits per heavy atom. The third-order valence-corrected chi connectivity index (χ3v) is 2.90. The van der Waals surface area contributed by atoms with Gasteiger partial charge in [-0.2, -0.15) is 0 Å². The molecule has 3 nitrogen and oxygen atoms in total. The zero-order valence-corrected chi connectivity index (χ0v) is 13.0. The van der Waals surface area contributed by atoms with Crippen molar-refractivity contribution in [1.82, 2.24) is 0 Å². The van der Waals surface area contributed by atoms with Crippen LogP contribution in [0.25, 0.3) is 0 Å². The molecule has 0 aliphatic heterocycles. The largest absolute Gasteiger partial charge is 0.508 e. The van der Waals surface area contributed by atoms with Crippen molar-refractivity contribution < 1.29 is 15.0 Å². The summed E-state index contributed by atoms with van der Waals surface area (Å²) in [6.45, 7) is 1.71. The van der Waals surface area contributed by atoms with E-state index in [4.69, 9.17) is 10.2 Å². The van der Waals surface area contributed by atoms with Crippen LogP contribution in [0, 0.1) is 6.92 Å². The number of aromatic hydroxyl groups is 2. The van der Waals surface area contributed by atoms with Crippen LogP contribution in [-0.4, -0.2) is 16.5 Å². The van der Waals surface area contributed by atoms with Crippen molar-refractivity contribution >= 4 is 6.29 Å². The van der Waals surface area contributed by atoms with Gasteiger partial charge >= 0.3 is 0 Å². The minimum absolute atomic E-state index is 0.171. The lowest BCUT2D eigenvalue weighted by Gasteiger charge is -1.98. The minimum Gasteiger partial charge on any atom is -0.508 e. The zero-order valence-electron chi connectivity index (χ0n) is 13.0. The van der Waals surface area contributed by atoms with Gasteiger partial charge in [-0.05, 0) is 25.1 Å². The molecule has 0 saturated carbocycles. The number of phenolic OH excluding ortho intramolecular Hbond substituents is 2. The van der Waals surface area contributed by atoms with Gasteiger partial charge in [0.25, 0.3) is 0 Å². The maximum Gasteiger partial charge on any atom is 0.150 e. The number of benzene rings is 3. The van der Waals surface area contributed by atoms with Crippen LogP contribution in [0.2, 0.25) is 0 Å². The Morgan fingerprint density at radius 2 is 1.17 bits per heavy atom. The SMILES string of the molecule is Cc1c(O)cccc1C=O.Oc1ccccc1.c1ccccc1. The molecule has 118 valence electrons. The fourth-order valence-electron chi connectivity index (χ4n) is 1.58. The molecule has 0 fully saturated rings. The van der Waals surface area contributed by atoms with Crippen molar-refractivity contribution in [2.75, 3.05) is 0 Å². The van der Waals surface area contributed by atoms with Crippen molar-refractivity contribution in [3.05, 3.63) is 96.1 Å². The first-order chi connectivity index (χ1) is 11.1. The van der Waals surface area contributed by atoms with E-state index >= 15 is 0 Å². The standard InChI is InChI=1S/C8H8O2.C6H6O.C6H6/c1-6-7(5-9)3-2-4-8(6)10;7-6-4-2-1-3-5-6;1-2-4-6-5-3-1/h2-5,10H,1H3;1-5,7H;1-6H. The average Bonchev–Trinajstić information content (AvgIpc) is 2.61. The van der Waals surface area contributed by atoms with Gasteiger partial charge in [0.2, 0.25) is 0 Å². The molecular weight excluding hydrogens is 288 g/mol. The van der Waals surface area contributed by atoms with Crippen LogP contribution >= 0.6 is 0 Å². The summed E-state index contributed by atoms with van der Waals surface area (Å²) < 4.78 is 0. The van der Waals surface area contributed by atoms with Crippen LogP contribution in [0.5, 0.6) is 11.5 Å². The first-order valence-electron chi connectivity index (χ1n) is 7.13. The summed E-state index contributed by atoms with van der Waals surface area (Å²) in [5, 5.41) is 17.7. The van der Waals surface area contributed by atoms with Gasteiger partial charge in [-0.1, -0.05) is 66.7 Å². The van der Waals surface area contributed by atoms with Crippen LogP contribution in [0.15, 0.2) is 84.9 Å². The lowest BCUT2D eigenvalue weighted by molar-refractivity contribution is 0.112. The highest BCUT2D eigenvalue weighted by molar-refractivity contribution is 5.78. The number of carbonyl (C=O) groups is 1. The lowest BCUT2D eigenvalue weighted by atomic mass is 10.1. The van der Waals surface area contributed by atoms with Gasteiger partial charge in [0.15, 0.2) is 0 Å². The van der Waals surface area contributed by atoms with Crippen LogP contribution < -0.4 is 0 Å². The molecule has 3 rings (SSSR count). The summed E-state index contributed by atoms with van der Waals surface area (Å²) in [5.74, 6) is 0.493. The molecule has 0 bridgehead atoms. The van der Waals surface area contributed by atoms with Gasteiger partial charge in [-0.3, -0.25) is 4.79 Å². The molecular formula is C20H20O3. The Morgan fingerprint density at radius 3 is 1.52 bits per heavy atom. The normalized spacial score (nSPS) is 8.74. The summed E-state index contributed by atoms with van der Waals surface area (Å²) >= 11 is 0. The molecule has 0 radical (unpaired) electrons. The highest BCUT2D eigenvalue weighted by Crippen LogP contribution is 2.17. The van der Waals surface area contributed by atoms with E-state index < -0.39 is 0 Å². The van der Waals surface area contributed by atoms with Crippen LogP contribution in [0.4, 0.5) is 0 Å². The second-order valence-corrected chi connectivity index (χ2v) is 4.60. The number of hydrogen-bond acceptors (Lipinski definition) is 3. The molecule has 0 saturated heterocycles. The van der Waals surface area contributed by atoms with E-state index in [-0.39, 0.29) is 5.75 Å². The maximum atomic E-state index is 10.3. The molecule has 0 unspecified atom stereocenters. The average molecular weight is 308 g/mol. The number of aldehydes is 1. The fourth-order valence-corrected chi connectivity index (χ4v) is 1.58. The maximum absolute atomic E-state index is 10.3. The van der Waals surface area contributed by atoms with E-state index in [2.05, 4.69) is 0 Å². The Hall–Kier alpha value is -3.07. The molecule has 0 atom stereocenters. The molecule has 0 aromatic heterocycles. The van der Waals surface area contributed by atoms with E-state index in [1.807, 2.05) is 42.5 Å². The van der Waals surface area contributed by atoms with Gasteiger partial charge in [-0.15, -0.1) is 0 Å². The van der Waals surface area contributed by atoms with Gasteiger partial charge in [0, 0.05) is 11.1 Å². The Balaban J connectivity index is 0.000000179. The molecule has 23 heavy (non-hydrogen) atoms. The summed E-state index contributed by atoms with van der Waals surface area (Å²) in [5.41, 5.74) is 1.18. The Bertz CT molecular complexity index is 653. The predicted octanol–water partition coefficient (Wildman–Crippen LogP) is 4.59. The third kappa shape index (κ3) is 7.48. The second kappa shape index (κ2) is 10.6. The zero-order chi connectivity index (χ0) is 16.9. The van der Waals surface area contributed by atoms with E-state index in [0.29, 0.717) is 16.9 Å². The van der Waals surface area contributed by atoms with Gasteiger partial charge in [-0.25, -0.2) is 0 Å². The van der Waals surface area contributed by atoms with Gasteiger partial charge in [0.05, 0.1) is 0 Å². The molecule has 0 amide bonds.